The lowest BCUT2D eigenvalue weighted by Gasteiger charge is -2.23. The summed E-state index contributed by atoms with van der Waals surface area (Å²) in [4.78, 5) is 16.6. The van der Waals surface area contributed by atoms with Gasteiger partial charge in [-0.15, -0.1) is 0 Å². The van der Waals surface area contributed by atoms with Crippen molar-refractivity contribution in [3.8, 4) is 0 Å². The van der Waals surface area contributed by atoms with Gasteiger partial charge in [0.25, 0.3) is 5.91 Å². The van der Waals surface area contributed by atoms with Crippen molar-refractivity contribution in [2.75, 3.05) is 37.8 Å². The molecule has 21 heavy (non-hydrogen) atoms. The van der Waals surface area contributed by atoms with Crippen molar-refractivity contribution in [1.82, 2.24) is 4.90 Å². The molecule has 1 aromatic rings. The van der Waals surface area contributed by atoms with Crippen LogP contribution in [0.15, 0.2) is 18.2 Å². The summed E-state index contributed by atoms with van der Waals surface area (Å²) < 4.78 is 0. The van der Waals surface area contributed by atoms with E-state index in [2.05, 4.69) is 13.8 Å². The molecule has 2 N–H and O–H groups in total. The maximum Gasteiger partial charge on any atom is 0.253 e. The number of anilines is 2. The highest BCUT2D eigenvalue weighted by atomic mass is 16.2. The number of benzene rings is 1. The smallest absolute Gasteiger partial charge is 0.253 e. The second-order valence-electron chi connectivity index (χ2n) is 5.67. The fourth-order valence-electron chi connectivity index (χ4n) is 2.29. The number of carbonyl (C=O) groups is 1. The lowest BCUT2D eigenvalue weighted by atomic mass is 10.1. The Bertz CT molecular complexity index is 449. The van der Waals surface area contributed by atoms with Gasteiger partial charge in [-0.25, -0.2) is 0 Å². The maximum atomic E-state index is 12.6. The molecule has 0 aliphatic heterocycles. The molecular formula is C17H29N3O. The molecule has 0 aliphatic carbocycles. The molecule has 0 atom stereocenters. The molecule has 0 saturated carbocycles. The summed E-state index contributed by atoms with van der Waals surface area (Å²) in [6.07, 6.45) is 4.27. The first kappa shape index (κ1) is 17.3. The Kier molecular flexibility index (Phi) is 7.06. The first-order valence-electron chi connectivity index (χ1n) is 7.87. The third-order valence-electron chi connectivity index (χ3n) is 3.61. The third-order valence-corrected chi connectivity index (χ3v) is 3.61. The summed E-state index contributed by atoms with van der Waals surface area (Å²) >= 11 is 0. The van der Waals surface area contributed by atoms with Gasteiger partial charge >= 0.3 is 0 Å². The van der Waals surface area contributed by atoms with E-state index in [1.54, 1.807) is 6.07 Å². The van der Waals surface area contributed by atoms with Crippen LogP contribution < -0.4 is 10.6 Å². The van der Waals surface area contributed by atoms with Crippen LogP contribution in [-0.4, -0.2) is 38.0 Å². The lowest BCUT2D eigenvalue weighted by Crippen LogP contribution is -2.33. The second-order valence-corrected chi connectivity index (χ2v) is 5.67. The van der Waals surface area contributed by atoms with Gasteiger partial charge in [-0.2, -0.15) is 0 Å². The zero-order chi connectivity index (χ0) is 15.8. The molecule has 0 radical (unpaired) electrons. The topological polar surface area (TPSA) is 49.6 Å². The first-order valence-corrected chi connectivity index (χ1v) is 7.87. The van der Waals surface area contributed by atoms with Crippen molar-refractivity contribution in [1.29, 1.82) is 0 Å². The Balaban J connectivity index is 2.89. The lowest BCUT2D eigenvalue weighted by molar-refractivity contribution is 0.0751. The monoisotopic (exact) mass is 291 g/mol. The van der Waals surface area contributed by atoms with Gasteiger partial charge in [-0.1, -0.05) is 26.7 Å². The highest BCUT2D eigenvalue weighted by Gasteiger charge is 2.16. The third kappa shape index (κ3) is 4.96. The Morgan fingerprint density at radius 3 is 2.10 bits per heavy atom. The van der Waals surface area contributed by atoms with Crippen LogP contribution in [-0.2, 0) is 0 Å². The van der Waals surface area contributed by atoms with Crippen LogP contribution in [0.2, 0.25) is 0 Å². The molecule has 0 saturated heterocycles. The number of nitrogens with zero attached hydrogens (tertiary/aromatic N) is 2. The Morgan fingerprint density at radius 1 is 1.10 bits per heavy atom. The van der Waals surface area contributed by atoms with E-state index in [4.69, 9.17) is 5.73 Å². The van der Waals surface area contributed by atoms with Gasteiger partial charge in [0, 0.05) is 32.7 Å². The summed E-state index contributed by atoms with van der Waals surface area (Å²) in [5.41, 5.74) is 8.33. The zero-order valence-electron chi connectivity index (χ0n) is 13.9. The van der Waals surface area contributed by atoms with Gasteiger partial charge < -0.3 is 15.5 Å². The number of nitrogens with two attached hydrogens (primary N) is 1. The quantitative estimate of drug-likeness (QED) is 0.747. The molecule has 0 aromatic heterocycles. The van der Waals surface area contributed by atoms with E-state index in [9.17, 15) is 4.79 Å². The number of nitrogen functional groups attached to an aromatic ring is 1. The minimum atomic E-state index is 0.0916. The molecule has 0 bridgehead atoms. The number of hydrogen-bond donors (Lipinski definition) is 1. The normalized spacial score (nSPS) is 10.5. The average Bonchev–Trinajstić information content (AvgIpc) is 2.46. The van der Waals surface area contributed by atoms with Crippen molar-refractivity contribution >= 4 is 17.3 Å². The number of amides is 1. The minimum Gasteiger partial charge on any atom is -0.397 e. The average molecular weight is 291 g/mol. The van der Waals surface area contributed by atoms with E-state index in [1.807, 2.05) is 36.0 Å². The van der Waals surface area contributed by atoms with Crippen molar-refractivity contribution < 1.29 is 4.79 Å². The van der Waals surface area contributed by atoms with E-state index < -0.39 is 0 Å². The largest absolute Gasteiger partial charge is 0.397 e. The molecule has 4 heteroatoms. The molecular weight excluding hydrogens is 262 g/mol. The van der Waals surface area contributed by atoms with Crippen LogP contribution in [0.3, 0.4) is 0 Å². The van der Waals surface area contributed by atoms with Gasteiger partial charge in [0.15, 0.2) is 0 Å². The van der Waals surface area contributed by atoms with Crippen LogP contribution in [0.1, 0.15) is 49.9 Å². The van der Waals surface area contributed by atoms with Crippen molar-refractivity contribution in [3.05, 3.63) is 23.8 Å². The van der Waals surface area contributed by atoms with E-state index in [1.165, 1.54) is 0 Å². The molecule has 0 spiro atoms. The number of rotatable bonds is 8. The van der Waals surface area contributed by atoms with E-state index in [0.29, 0.717) is 11.3 Å². The van der Waals surface area contributed by atoms with Crippen LogP contribution in [0, 0.1) is 0 Å². The van der Waals surface area contributed by atoms with Gasteiger partial charge in [0.2, 0.25) is 0 Å². The SMILES string of the molecule is CCCCN(CCCC)C(=O)c1ccc(N(C)C)c(N)c1. The molecule has 4 nitrogen and oxygen atoms in total. The number of hydrogen-bond acceptors (Lipinski definition) is 3. The Morgan fingerprint density at radius 2 is 1.67 bits per heavy atom. The summed E-state index contributed by atoms with van der Waals surface area (Å²) in [5.74, 6) is 0.0916. The van der Waals surface area contributed by atoms with Crippen molar-refractivity contribution in [3.63, 3.8) is 0 Å². The second kappa shape index (κ2) is 8.55. The zero-order valence-corrected chi connectivity index (χ0v) is 13.9. The highest BCUT2D eigenvalue weighted by molar-refractivity contribution is 5.96. The number of carbonyl (C=O) groups excluding carboxylic acids is 1. The Labute approximate surface area is 128 Å². The van der Waals surface area contributed by atoms with Gasteiger partial charge in [0.05, 0.1) is 11.4 Å². The predicted molar refractivity (Wildman–Crippen MR) is 90.9 cm³/mol. The van der Waals surface area contributed by atoms with Crippen LogP contribution >= 0.6 is 0 Å². The molecule has 0 fully saturated rings. The number of unbranched alkanes of at least 4 members (excludes halogenated alkanes) is 2. The summed E-state index contributed by atoms with van der Waals surface area (Å²) in [5, 5.41) is 0. The van der Waals surface area contributed by atoms with Crippen LogP contribution in [0.4, 0.5) is 11.4 Å². The van der Waals surface area contributed by atoms with Crippen LogP contribution in [0.25, 0.3) is 0 Å². The van der Waals surface area contributed by atoms with E-state index in [-0.39, 0.29) is 5.91 Å². The summed E-state index contributed by atoms with van der Waals surface area (Å²) in [6.45, 7) is 5.94. The molecule has 0 heterocycles. The fourth-order valence-corrected chi connectivity index (χ4v) is 2.29. The predicted octanol–water partition coefficient (Wildman–Crippen LogP) is 3.38. The van der Waals surface area contributed by atoms with Crippen molar-refractivity contribution in [2.45, 2.75) is 39.5 Å². The van der Waals surface area contributed by atoms with Gasteiger partial charge in [-0.3, -0.25) is 4.79 Å². The molecule has 118 valence electrons. The fraction of sp³-hybridized carbons (Fsp3) is 0.588. The Hall–Kier alpha value is -1.71. The first-order chi connectivity index (χ1) is 10.0. The van der Waals surface area contributed by atoms with E-state index in [0.717, 1.165) is 44.5 Å². The minimum absolute atomic E-state index is 0.0916. The van der Waals surface area contributed by atoms with Gasteiger partial charge in [0.1, 0.15) is 0 Å². The van der Waals surface area contributed by atoms with Crippen molar-refractivity contribution in [2.24, 2.45) is 0 Å². The molecule has 1 amide bonds. The summed E-state index contributed by atoms with van der Waals surface area (Å²) in [7, 11) is 3.89. The maximum absolute atomic E-state index is 12.6. The van der Waals surface area contributed by atoms with E-state index >= 15 is 0 Å². The standard InChI is InChI=1S/C17H29N3O/c1-5-7-11-20(12-8-6-2)17(21)14-9-10-16(19(3)4)15(18)13-14/h9-10,13H,5-8,11-12,18H2,1-4H3. The molecule has 0 aliphatic rings. The van der Waals surface area contributed by atoms with Crippen LogP contribution in [0.5, 0.6) is 0 Å². The van der Waals surface area contributed by atoms with Gasteiger partial charge in [-0.05, 0) is 31.0 Å². The molecule has 1 rings (SSSR count). The highest BCUT2D eigenvalue weighted by Crippen LogP contribution is 2.23. The molecule has 1 aromatic carbocycles. The molecule has 0 unspecified atom stereocenters. The summed E-state index contributed by atoms with van der Waals surface area (Å²) in [6, 6.07) is 5.59.